The number of carbonyl (C=O) groups is 1. The van der Waals surface area contributed by atoms with Crippen LogP contribution in [0.1, 0.15) is 26.3 Å². The number of anilines is 1. The van der Waals surface area contributed by atoms with E-state index in [0.717, 1.165) is 57.1 Å². The predicted octanol–water partition coefficient (Wildman–Crippen LogP) is 5.77. The maximum atomic E-state index is 13.7. The van der Waals surface area contributed by atoms with Gasteiger partial charge in [0, 0.05) is 13.1 Å². The largest absolute Gasteiger partial charge is 0.492 e. The fourth-order valence-electron chi connectivity index (χ4n) is 4.11. The highest BCUT2D eigenvalue weighted by molar-refractivity contribution is 7.22. The second kappa shape index (κ2) is 10.8. The molecule has 5 nitrogen and oxygen atoms in total. The van der Waals surface area contributed by atoms with Crippen molar-refractivity contribution in [1.82, 2.24) is 9.88 Å². The first-order valence-electron chi connectivity index (χ1n) is 11.7. The topological polar surface area (TPSA) is 45.7 Å². The van der Waals surface area contributed by atoms with E-state index in [-0.39, 0.29) is 5.91 Å². The van der Waals surface area contributed by atoms with Gasteiger partial charge >= 0.3 is 0 Å². The Morgan fingerprint density at radius 1 is 0.939 bits per heavy atom. The molecule has 0 saturated heterocycles. The Morgan fingerprint density at radius 2 is 1.70 bits per heavy atom. The molecule has 33 heavy (non-hydrogen) atoms. The van der Waals surface area contributed by atoms with Gasteiger partial charge in [-0.25, -0.2) is 4.98 Å². The van der Waals surface area contributed by atoms with Gasteiger partial charge in [-0.15, -0.1) is 0 Å². The molecule has 0 N–H and O–H groups in total. The van der Waals surface area contributed by atoms with Crippen molar-refractivity contribution in [1.29, 1.82) is 0 Å². The lowest BCUT2D eigenvalue weighted by atomic mass is 10.0. The Balaban J connectivity index is 1.68. The van der Waals surface area contributed by atoms with Crippen LogP contribution in [0.15, 0.2) is 60.7 Å². The summed E-state index contributed by atoms with van der Waals surface area (Å²) < 4.78 is 6.81. The lowest BCUT2D eigenvalue weighted by Crippen LogP contribution is -2.39. The molecule has 4 rings (SSSR count). The lowest BCUT2D eigenvalue weighted by Gasteiger charge is -2.25. The van der Waals surface area contributed by atoms with Crippen LogP contribution >= 0.6 is 11.3 Å². The number of para-hydroxylation sites is 1. The fraction of sp³-hybridized carbons (Fsp3) is 0.333. The minimum absolute atomic E-state index is 0.0653. The number of aromatic nitrogens is 1. The maximum absolute atomic E-state index is 13.7. The summed E-state index contributed by atoms with van der Waals surface area (Å²) >= 11 is 1.55. The molecule has 172 valence electrons. The molecule has 1 heterocycles. The first-order valence-corrected chi connectivity index (χ1v) is 12.5. The summed E-state index contributed by atoms with van der Waals surface area (Å²) in [6.45, 7) is 10.2. The fourth-order valence-corrected chi connectivity index (χ4v) is 5.14. The van der Waals surface area contributed by atoms with Crippen LogP contribution in [0.3, 0.4) is 0 Å². The van der Waals surface area contributed by atoms with Gasteiger partial charge in [0.2, 0.25) is 5.91 Å². The highest BCUT2D eigenvalue weighted by Gasteiger charge is 2.22. The van der Waals surface area contributed by atoms with Crippen LogP contribution in [0.5, 0.6) is 5.75 Å². The molecular weight excluding hydrogens is 430 g/mol. The van der Waals surface area contributed by atoms with Gasteiger partial charge < -0.3 is 9.64 Å². The highest BCUT2D eigenvalue weighted by atomic mass is 32.1. The Hall–Kier alpha value is -2.96. The summed E-state index contributed by atoms with van der Waals surface area (Å²) in [6, 6.07) is 20.3. The van der Waals surface area contributed by atoms with E-state index in [9.17, 15) is 4.79 Å². The SMILES string of the molecule is CCOc1cccc2sc(N(CCN(CC)CC)C(=O)Cc3cccc4ccccc34)nc12. The zero-order valence-corrected chi connectivity index (χ0v) is 20.4. The number of hydrogen-bond acceptors (Lipinski definition) is 5. The second-order valence-electron chi connectivity index (χ2n) is 7.92. The quantitative estimate of drug-likeness (QED) is 0.301. The van der Waals surface area contributed by atoms with Crippen LogP contribution in [0.25, 0.3) is 21.0 Å². The van der Waals surface area contributed by atoms with E-state index in [1.54, 1.807) is 11.3 Å². The maximum Gasteiger partial charge on any atom is 0.233 e. The average Bonchev–Trinajstić information content (AvgIpc) is 3.27. The Labute approximate surface area is 199 Å². The van der Waals surface area contributed by atoms with E-state index >= 15 is 0 Å². The summed E-state index contributed by atoms with van der Waals surface area (Å²) in [7, 11) is 0. The van der Waals surface area contributed by atoms with E-state index < -0.39 is 0 Å². The molecule has 0 fully saturated rings. The molecule has 0 spiro atoms. The molecule has 0 aliphatic heterocycles. The smallest absolute Gasteiger partial charge is 0.233 e. The standard InChI is InChI=1S/C27H31N3O2S/c1-4-29(5-2)17-18-30(27-28-26-23(32-6-3)15-10-16-24(26)33-27)25(31)19-21-13-9-12-20-11-7-8-14-22(20)21/h7-16H,4-6,17-19H2,1-3H3. The molecule has 0 aliphatic rings. The van der Waals surface area contributed by atoms with Crippen molar-refractivity contribution in [2.75, 3.05) is 37.7 Å². The lowest BCUT2D eigenvalue weighted by molar-refractivity contribution is -0.118. The number of rotatable bonds is 10. The summed E-state index contributed by atoms with van der Waals surface area (Å²) in [4.78, 5) is 22.7. The van der Waals surface area contributed by atoms with Gasteiger partial charge in [-0.1, -0.05) is 73.7 Å². The van der Waals surface area contributed by atoms with E-state index in [0.29, 0.717) is 19.6 Å². The van der Waals surface area contributed by atoms with Crippen LogP contribution in [0, 0.1) is 0 Å². The Bertz CT molecular complexity index is 1230. The summed E-state index contributed by atoms with van der Waals surface area (Å²) in [5, 5.41) is 3.01. The van der Waals surface area contributed by atoms with Crippen molar-refractivity contribution in [2.24, 2.45) is 0 Å². The number of hydrogen-bond donors (Lipinski definition) is 0. The molecule has 0 bridgehead atoms. The van der Waals surface area contributed by atoms with Gasteiger partial charge in [0.15, 0.2) is 5.13 Å². The minimum Gasteiger partial charge on any atom is -0.492 e. The van der Waals surface area contributed by atoms with E-state index in [1.165, 1.54) is 0 Å². The van der Waals surface area contributed by atoms with Crippen molar-refractivity contribution in [2.45, 2.75) is 27.2 Å². The first-order chi connectivity index (χ1) is 16.1. The zero-order chi connectivity index (χ0) is 23.2. The van der Waals surface area contributed by atoms with E-state index in [1.807, 2.05) is 54.3 Å². The van der Waals surface area contributed by atoms with E-state index in [4.69, 9.17) is 9.72 Å². The van der Waals surface area contributed by atoms with Crippen LogP contribution < -0.4 is 9.64 Å². The molecule has 0 radical (unpaired) electrons. The molecule has 3 aromatic carbocycles. The average molecular weight is 462 g/mol. The van der Waals surface area contributed by atoms with Gasteiger partial charge in [0.05, 0.1) is 17.7 Å². The van der Waals surface area contributed by atoms with Crippen molar-refractivity contribution in [3.05, 3.63) is 66.2 Å². The molecule has 6 heteroatoms. The van der Waals surface area contributed by atoms with Gasteiger partial charge in [0.25, 0.3) is 0 Å². The van der Waals surface area contributed by atoms with Crippen LogP contribution in [0.4, 0.5) is 5.13 Å². The molecule has 0 aliphatic carbocycles. The van der Waals surface area contributed by atoms with Crippen LogP contribution in [0.2, 0.25) is 0 Å². The number of amides is 1. The van der Waals surface area contributed by atoms with Crippen molar-refractivity contribution >= 4 is 43.4 Å². The summed E-state index contributed by atoms with van der Waals surface area (Å²) in [6.07, 6.45) is 0.341. The normalized spacial score (nSPS) is 11.4. The number of thiazole rings is 1. The first kappa shape index (κ1) is 23.2. The highest BCUT2D eigenvalue weighted by Crippen LogP contribution is 2.34. The van der Waals surface area contributed by atoms with Crippen LogP contribution in [-0.4, -0.2) is 48.6 Å². The van der Waals surface area contributed by atoms with Crippen molar-refractivity contribution in [3.8, 4) is 5.75 Å². The van der Waals surface area contributed by atoms with Crippen molar-refractivity contribution < 1.29 is 9.53 Å². The molecule has 4 aromatic rings. The van der Waals surface area contributed by atoms with Gasteiger partial charge in [-0.05, 0) is 48.5 Å². The minimum atomic E-state index is 0.0653. The van der Waals surface area contributed by atoms with E-state index in [2.05, 4.69) is 36.9 Å². The summed E-state index contributed by atoms with van der Waals surface area (Å²) in [5.41, 5.74) is 1.87. The molecule has 0 saturated carbocycles. The number of likely N-dealkylation sites (N-methyl/N-ethyl adjacent to an activating group) is 1. The Kier molecular flexibility index (Phi) is 7.57. The second-order valence-corrected chi connectivity index (χ2v) is 8.93. The predicted molar refractivity (Wildman–Crippen MR) is 139 cm³/mol. The third kappa shape index (κ3) is 5.18. The monoisotopic (exact) mass is 461 g/mol. The zero-order valence-electron chi connectivity index (χ0n) is 19.6. The molecular formula is C27H31N3O2S. The molecule has 0 unspecified atom stereocenters. The van der Waals surface area contributed by atoms with Gasteiger partial charge in [0.1, 0.15) is 11.3 Å². The van der Waals surface area contributed by atoms with Crippen molar-refractivity contribution in [3.63, 3.8) is 0 Å². The van der Waals surface area contributed by atoms with Gasteiger partial charge in [-0.3, -0.25) is 9.69 Å². The Morgan fingerprint density at radius 3 is 2.48 bits per heavy atom. The van der Waals surface area contributed by atoms with Crippen LogP contribution in [-0.2, 0) is 11.2 Å². The van der Waals surface area contributed by atoms with Gasteiger partial charge in [-0.2, -0.15) is 0 Å². The molecule has 0 atom stereocenters. The molecule has 1 aromatic heterocycles. The third-order valence-electron chi connectivity index (χ3n) is 5.96. The summed E-state index contributed by atoms with van der Waals surface area (Å²) in [5.74, 6) is 0.832. The number of nitrogens with zero attached hydrogens (tertiary/aromatic N) is 3. The third-order valence-corrected chi connectivity index (χ3v) is 7.00. The number of fused-ring (bicyclic) bond motifs is 2. The number of benzene rings is 3. The number of carbonyl (C=O) groups excluding carboxylic acids is 1. The number of ether oxygens (including phenoxy) is 1. The molecule has 1 amide bonds.